The van der Waals surface area contributed by atoms with Gasteiger partial charge < -0.3 is 15.1 Å². The van der Waals surface area contributed by atoms with Crippen LogP contribution in [0.1, 0.15) is 0 Å². The van der Waals surface area contributed by atoms with Crippen LogP contribution in [0.5, 0.6) is 0 Å². The van der Waals surface area contributed by atoms with Gasteiger partial charge in [0, 0.05) is 45.5 Å². The van der Waals surface area contributed by atoms with Gasteiger partial charge in [-0.3, -0.25) is 4.99 Å². The Balaban J connectivity index is 1.50. The van der Waals surface area contributed by atoms with Crippen LogP contribution in [-0.2, 0) is 9.84 Å². The molecule has 1 heterocycles. The number of sulfone groups is 1. The van der Waals surface area contributed by atoms with E-state index >= 15 is 0 Å². The van der Waals surface area contributed by atoms with Crippen molar-refractivity contribution in [1.82, 2.24) is 10.2 Å². The normalized spacial score (nSPS) is 15.6. The van der Waals surface area contributed by atoms with Crippen molar-refractivity contribution in [3.05, 3.63) is 60.4 Å². The van der Waals surface area contributed by atoms with Crippen molar-refractivity contribution in [3.8, 4) is 0 Å². The minimum absolute atomic E-state index is 0.00553. The molecule has 0 spiro atoms. The molecule has 0 aliphatic carbocycles. The Morgan fingerprint density at radius 3 is 2.29 bits per heavy atom. The highest BCUT2D eigenvalue weighted by Crippen LogP contribution is 2.17. The summed E-state index contributed by atoms with van der Waals surface area (Å²) in [5.41, 5.74) is 0.998. The Bertz CT molecular complexity index is 894. The molecule has 2 aromatic carbocycles. The highest BCUT2D eigenvalue weighted by atomic mass is 32.2. The maximum atomic E-state index is 13.1. The fourth-order valence-electron chi connectivity index (χ4n) is 3.20. The number of anilines is 1. The third-order valence-electron chi connectivity index (χ3n) is 4.74. The lowest BCUT2D eigenvalue weighted by Crippen LogP contribution is -2.53. The fourth-order valence-corrected chi connectivity index (χ4v) is 4.38. The average molecular weight is 405 g/mol. The molecule has 28 heavy (non-hydrogen) atoms. The van der Waals surface area contributed by atoms with E-state index in [4.69, 9.17) is 0 Å². The molecule has 1 aliphatic heterocycles. The van der Waals surface area contributed by atoms with Crippen molar-refractivity contribution in [2.24, 2.45) is 4.99 Å². The van der Waals surface area contributed by atoms with E-state index in [1.807, 2.05) is 0 Å². The second-order valence-electron chi connectivity index (χ2n) is 6.56. The number of benzene rings is 2. The van der Waals surface area contributed by atoms with Gasteiger partial charge in [-0.15, -0.1) is 0 Å². The number of guanidine groups is 1. The molecule has 0 bridgehead atoms. The van der Waals surface area contributed by atoms with Crippen LogP contribution >= 0.6 is 0 Å². The molecule has 6 nitrogen and oxygen atoms in total. The van der Waals surface area contributed by atoms with Crippen LogP contribution < -0.4 is 10.2 Å². The standard InChI is InChI=1S/C20H25FN4O2S/c1-22-20(23-11-16-28(26,27)19-5-3-2-4-6-19)25-14-12-24(13-15-25)18-9-7-17(21)8-10-18/h2-10H,11-16H2,1H3,(H,22,23). The minimum Gasteiger partial charge on any atom is -0.368 e. The summed E-state index contributed by atoms with van der Waals surface area (Å²) in [6, 6.07) is 15.0. The molecule has 0 radical (unpaired) electrons. The first-order valence-corrected chi connectivity index (χ1v) is 10.9. The summed E-state index contributed by atoms with van der Waals surface area (Å²) < 4.78 is 37.8. The second-order valence-corrected chi connectivity index (χ2v) is 8.67. The van der Waals surface area contributed by atoms with Gasteiger partial charge in [-0.05, 0) is 36.4 Å². The summed E-state index contributed by atoms with van der Waals surface area (Å²) in [7, 11) is -1.62. The van der Waals surface area contributed by atoms with Gasteiger partial charge in [0.2, 0.25) is 0 Å². The zero-order valence-electron chi connectivity index (χ0n) is 15.9. The van der Waals surface area contributed by atoms with Crippen LogP contribution in [0.2, 0.25) is 0 Å². The number of aliphatic imine (C=N–C) groups is 1. The number of piperazine rings is 1. The number of hydrogen-bond acceptors (Lipinski definition) is 4. The third kappa shape index (κ3) is 5.01. The van der Waals surface area contributed by atoms with Gasteiger partial charge in [0.25, 0.3) is 0 Å². The van der Waals surface area contributed by atoms with Crippen LogP contribution in [0.15, 0.2) is 64.5 Å². The van der Waals surface area contributed by atoms with E-state index in [2.05, 4.69) is 20.1 Å². The van der Waals surface area contributed by atoms with Crippen molar-refractivity contribution in [2.75, 3.05) is 50.4 Å². The highest BCUT2D eigenvalue weighted by molar-refractivity contribution is 7.91. The van der Waals surface area contributed by atoms with E-state index < -0.39 is 9.84 Å². The molecular weight excluding hydrogens is 379 g/mol. The average Bonchev–Trinajstić information content (AvgIpc) is 2.73. The van der Waals surface area contributed by atoms with Crippen LogP contribution in [0.4, 0.5) is 10.1 Å². The molecule has 1 fully saturated rings. The summed E-state index contributed by atoms with van der Waals surface area (Å²) in [6.07, 6.45) is 0. The van der Waals surface area contributed by atoms with Gasteiger partial charge in [-0.25, -0.2) is 12.8 Å². The maximum Gasteiger partial charge on any atom is 0.193 e. The Hall–Kier alpha value is -2.61. The Morgan fingerprint density at radius 2 is 1.68 bits per heavy atom. The van der Waals surface area contributed by atoms with Gasteiger partial charge >= 0.3 is 0 Å². The van der Waals surface area contributed by atoms with Crippen molar-refractivity contribution in [2.45, 2.75) is 4.90 Å². The summed E-state index contributed by atoms with van der Waals surface area (Å²) in [6.45, 7) is 3.37. The molecule has 1 saturated heterocycles. The van der Waals surface area contributed by atoms with Gasteiger partial charge in [0.1, 0.15) is 5.82 Å². The van der Waals surface area contributed by atoms with Crippen molar-refractivity contribution < 1.29 is 12.8 Å². The molecule has 1 N–H and O–H groups in total. The first kappa shape index (κ1) is 20.1. The predicted molar refractivity (Wildman–Crippen MR) is 110 cm³/mol. The van der Waals surface area contributed by atoms with Crippen molar-refractivity contribution in [3.63, 3.8) is 0 Å². The Kier molecular flexibility index (Phi) is 6.51. The number of nitrogens with one attached hydrogen (secondary N) is 1. The summed E-state index contributed by atoms with van der Waals surface area (Å²) in [4.78, 5) is 8.92. The number of hydrogen-bond donors (Lipinski definition) is 1. The molecule has 0 saturated carbocycles. The Labute approximate surface area is 165 Å². The minimum atomic E-state index is -3.32. The first-order valence-electron chi connectivity index (χ1n) is 9.23. The SMILES string of the molecule is CN=C(NCCS(=O)(=O)c1ccccc1)N1CCN(c2ccc(F)cc2)CC1. The lowest BCUT2D eigenvalue weighted by molar-refractivity contribution is 0.373. The van der Waals surface area contributed by atoms with Crippen LogP contribution in [0.25, 0.3) is 0 Å². The molecule has 0 unspecified atom stereocenters. The topological polar surface area (TPSA) is 65.0 Å². The monoisotopic (exact) mass is 404 g/mol. The first-order chi connectivity index (χ1) is 13.5. The smallest absolute Gasteiger partial charge is 0.193 e. The van der Waals surface area contributed by atoms with E-state index in [1.54, 1.807) is 49.5 Å². The third-order valence-corrected chi connectivity index (χ3v) is 6.47. The van der Waals surface area contributed by atoms with E-state index in [0.717, 1.165) is 31.9 Å². The molecular formula is C20H25FN4O2S. The van der Waals surface area contributed by atoms with E-state index in [9.17, 15) is 12.8 Å². The molecule has 3 rings (SSSR count). The van der Waals surface area contributed by atoms with Crippen LogP contribution in [-0.4, -0.2) is 64.8 Å². The lowest BCUT2D eigenvalue weighted by Gasteiger charge is -2.37. The number of rotatable bonds is 5. The molecule has 0 aromatic heterocycles. The number of nitrogens with zero attached hydrogens (tertiary/aromatic N) is 3. The maximum absolute atomic E-state index is 13.1. The fraction of sp³-hybridized carbons (Fsp3) is 0.350. The van der Waals surface area contributed by atoms with Gasteiger partial charge in [0.15, 0.2) is 15.8 Å². The molecule has 0 amide bonds. The van der Waals surface area contributed by atoms with Gasteiger partial charge in [0.05, 0.1) is 10.6 Å². The number of halogens is 1. The van der Waals surface area contributed by atoms with Crippen LogP contribution in [0, 0.1) is 5.82 Å². The summed E-state index contributed by atoms with van der Waals surface area (Å²) >= 11 is 0. The van der Waals surface area contributed by atoms with E-state index in [-0.39, 0.29) is 11.6 Å². The lowest BCUT2D eigenvalue weighted by atomic mass is 10.2. The zero-order chi connectivity index (χ0) is 20.0. The summed E-state index contributed by atoms with van der Waals surface area (Å²) in [5.74, 6) is 0.463. The van der Waals surface area contributed by atoms with Crippen molar-refractivity contribution >= 4 is 21.5 Å². The van der Waals surface area contributed by atoms with E-state index in [1.165, 1.54) is 12.1 Å². The van der Waals surface area contributed by atoms with E-state index in [0.29, 0.717) is 17.4 Å². The van der Waals surface area contributed by atoms with Crippen molar-refractivity contribution in [1.29, 1.82) is 0 Å². The molecule has 8 heteroatoms. The molecule has 1 aliphatic rings. The summed E-state index contributed by atoms with van der Waals surface area (Å²) in [5, 5.41) is 3.16. The molecule has 0 atom stereocenters. The highest BCUT2D eigenvalue weighted by Gasteiger charge is 2.20. The second kappa shape index (κ2) is 9.05. The predicted octanol–water partition coefficient (Wildman–Crippen LogP) is 2.00. The Morgan fingerprint density at radius 1 is 1.04 bits per heavy atom. The van der Waals surface area contributed by atoms with Gasteiger partial charge in [-0.2, -0.15) is 0 Å². The largest absolute Gasteiger partial charge is 0.368 e. The molecule has 150 valence electrons. The quantitative estimate of drug-likeness (QED) is 0.610. The molecule has 2 aromatic rings. The van der Waals surface area contributed by atoms with Gasteiger partial charge in [-0.1, -0.05) is 18.2 Å². The zero-order valence-corrected chi connectivity index (χ0v) is 16.7. The van der Waals surface area contributed by atoms with Crippen LogP contribution in [0.3, 0.4) is 0 Å².